The molecule has 65 heavy (non-hydrogen) atoms. The quantitative estimate of drug-likeness (QED) is 0.162. The summed E-state index contributed by atoms with van der Waals surface area (Å²) in [6.45, 7) is 2.17. The molecule has 6 heteroatoms. The molecule has 3 heterocycles. The second kappa shape index (κ2) is 16.0. The molecule has 2 atom stereocenters. The average molecular weight is 875 g/mol. The Kier molecular flexibility index (Phi) is 9.66. The number of hydrogen-bond acceptors (Lipinski definition) is 4. The number of ether oxygens (including phenoxy) is 2. The van der Waals surface area contributed by atoms with Crippen molar-refractivity contribution in [3.63, 3.8) is 0 Å². The summed E-state index contributed by atoms with van der Waals surface area (Å²) in [5, 5.41) is 9.08. The normalized spacial score (nSPS) is 19.0. The molecule has 8 aromatic carbocycles. The van der Waals surface area contributed by atoms with Gasteiger partial charge in [0, 0.05) is 21.7 Å². The van der Waals surface area contributed by atoms with Crippen LogP contribution in [-0.4, -0.2) is 19.0 Å². The van der Waals surface area contributed by atoms with Crippen molar-refractivity contribution in [2.45, 2.75) is 39.4 Å². The zero-order chi connectivity index (χ0) is 43.4. The molecular formula is C59H46N2O2SSi. The molecular weight excluding hydrogens is 829 g/mol. The van der Waals surface area contributed by atoms with Gasteiger partial charge < -0.3 is 14.8 Å². The van der Waals surface area contributed by atoms with Crippen LogP contribution in [0, 0.1) is 6.92 Å². The zero-order valence-corrected chi connectivity index (χ0v) is 37.8. The Morgan fingerprint density at radius 3 is 1.85 bits per heavy atom. The molecule has 4 nitrogen and oxygen atoms in total. The standard InChI is InChI=1S/C59H46N2O2SSi/c1-41-22-14-15-31-46(41)59-60-49(47-32-20-37-54-57(47)62-51-34-16-18-36-53(51)64(54,42-23-6-2-7-24-42)43-25-8-3-9-26-43)40-50(61-59)48-33-21-39-56-58(48)63-52-35-17-19-38-55(52)65(56,44-27-10-4-11-28-44)45-29-12-5-13-30-45/h2-36,38-40,54,59,61H,37H2,1H3. The molecule has 0 bridgehead atoms. The van der Waals surface area contributed by atoms with Gasteiger partial charge in [0.15, 0.2) is 8.07 Å². The first-order valence-corrected chi connectivity index (χ1v) is 26.1. The van der Waals surface area contributed by atoms with E-state index >= 15 is 0 Å². The van der Waals surface area contributed by atoms with E-state index in [9.17, 15) is 0 Å². The highest BCUT2D eigenvalue weighted by atomic mass is 32.3. The van der Waals surface area contributed by atoms with E-state index < -0.39 is 18.1 Å². The van der Waals surface area contributed by atoms with Crippen LogP contribution < -0.4 is 35.5 Å². The maximum absolute atomic E-state index is 7.26. The van der Waals surface area contributed by atoms with Crippen molar-refractivity contribution in [3.8, 4) is 17.2 Å². The summed E-state index contributed by atoms with van der Waals surface area (Å²) >= 11 is 0. The number of aliphatic imine (C=N–C) groups is 1. The molecule has 1 N–H and O–H groups in total. The van der Waals surface area contributed by atoms with Gasteiger partial charge in [0.25, 0.3) is 0 Å². The number of nitrogens with zero attached hydrogens (tertiary/aromatic N) is 1. The summed E-state index contributed by atoms with van der Waals surface area (Å²) in [5.41, 5.74) is 6.12. The van der Waals surface area contributed by atoms with Crippen LogP contribution in [0.2, 0.25) is 0 Å². The maximum Gasteiger partial charge on any atom is 0.188 e. The lowest BCUT2D eigenvalue weighted by Crippen LogP contribution is -2.76. The van der Waals surface area contributed by atoms with E-state index in [-0.39, 0.29) is 11.4 Å². The van der Waals surface area contributed by atoms with Crippen LogP contribution in [-0.2, 0) is 0 Å². The SMILES string of the molecule is Cc1ccccc1C1N=C(C2=C3Oc4ccccc4S(c4ccccc4)(c4ccccc4)C3CC=C2)C=C(c2cccc3c2Oc2ccccc2[Si]3(c2ccccc2)c2ccccc2)N1. The molecule has 1 aliphatic carbocycles. The third-order valence-corrected chi connectivity index (χ3v) is 22.6. The van der Waals surface area contributed by atoms with Gasteiger partial charge in [-0.15, -0.1) is 10.0 Å². The highest BCUT2D eigenvalue weighted by Crippen LogP contribution is 2.77. The van der Waals surface area contributed by atoms with E-state index in [1.54, 1.807) is 0 Å². The summed E-state index contributed by atoms with van der Waals surface area (Å²) in [4.78, 5) is 9.53. The van der Waals surface area contributed by atoms with Crippen LogP contribution in [0.1, 0.15) is 29.3 Å². The van der Waals surface area contributed by atoms with Gasteiger partial charge in [-0.3, -0.25) is 4.99 Å². The Morgan fingerprint density at radius 2 is 1.15 bits per heavy atom. The molecule has 4 aliphatic rings. The van der Waals surface area contributed by atoms with Crippen LogP contribution in [0.15, 0.2) is 262 Å². The summed E-state index contributed by atoms with van der Waals surface area (Å²) in [6, 6.07) is 77.1. The summed E-state index contributed by atoms with van der Waals surface area (Å²) in [7, 11) is -4.77. The smallest absolute Gasteiger partial charge is 0.188 e. The minimum Gasteiger partial charge on any atom is -0.459 e. The molecule has 0 radical (unpaired) electrons. The van der Waals surface area contributed by atoms with Crippen molar-refractivity contribution in [3.05, 3.63) is 259 Å². The Hall–Kier alpha value is -7.38. The lowest BCUT2D eigenvalue weighted by Gasteiger charge is -2.52. The van der Waals surface area contributed by atoms with Gasteiger partial charge in [-0.05, 0) is 110 Å². The van der Waals surface area contributed by atoms with Crippen molar-refractivity contribution < 1.29 is 9.47 Å². The number of fused-ring (bicyclic) bond motifs is 4. The Labute approximate surface area is 383 Å². The largest absolute Gasteiger partial charge is 0.459 e. The molecule has 8 aromatic rings. The van der Waals surface area contributed by atoms with Crippen LogP contribution in [0.5, 0.6) is 17.2 Å². The molecule has 3 aliphatic heterocycles. The van der Waals surface area contributed by atoms with Crippen molar-refractivity contribution in [2.75, 3.05) is 0 Å². The third kappa shape index (κ3) is 6.16. The predicted molar refractivity (Wildman–Crippen MR) is 270 cm³/mol. The maximum atomic E-state index is 7.26. The number of aryl methyl sites for hydroxylation is 1. The molecule has 0 saturated carbocycles. The van der Waals surface area contributed by atoms with Gasteiger partial charge >= 0.3 is 0 Å². The number of allylic oxidation sites excluding steroid dienone is 4. The molecule has 2 unspecified atom stereocenters. The van der Waals surface area contributed by atoms with Gasteiger partial charge in [0.05, 0.1) is 11.0 Å². The van der Waals surface area contributed by atoms with E-state index in [1.165, 1.54) is 41.0 Å². The van der Waals surface area contributed by atoms with Crippen molar-refractivity contribution >= 4 is 50.3 Å². The third-order valence-electron chi connectivity index (χ3n) is 13.5. The molecule has 0 spiro atoms. The van der Waals surface area contributed by atoms with Gasteiger partial charge in [-0.1, -0.05) is 176 Å². The monoisotopic (exact) mass is 874 g/mol. The number of para-hydroxylation sites is 3. The Balaban J connectivity index is 1.10. The van der Waals surface area contributed by atoms with E-state index in [0.717, 1.165) is 57.5 Å². The topological polar surface area (TPSA) is 42.9 Å². The Morgan fingerprint density at radius 1 is 0.569 bits per heavy atom. The summed E-state index contributed by atoms with van der Waals surface area (Å²) < 4.78 is 14.5. The first kappa shape index (κ1) is 39.2. The second-order valence-corrected chi connectivity index (χ2v) is 24.0. The lowest BCUT2D eigenvalue weighted by atomic mass is 9.95. The average Bonchev–Trinajstić information content (AvgIpc) is 3.38. The molecule has 314 valence electrons. The van der Waals surface area contributed by atoms with Crippen LogP contribution in [0.3, 0.4) is 0 Å². The second-order valence-electron chi connectivity index (χ2n) is 17.0. The minimum atomic E-state index is -2.90. The van der Waals surface area contributed by atoms with Crippen LogP contribution in [0.25, 0.3) is 5.70 Å². The van der Waals surface area contributed by atoms with Gasteiger partial charge in [-0.2, -0.15) is 0 Å². The van der Waals surface area contributed by atoms with Crippen molar-refractivity contribution in [1.29, 1.82) is 0 Å². The predicted octanol–water partition coefficient (Wildman–Crippen LogP) is 11.5. The molecule has 0 saturated heterocycles. The minimum absolute atomic E-state index is 0.0289. The van der Waals surface area contributed by atoms with E-state index in [0.29, 0.717) is 0 Å². The summed E-state index contributed by atoms with van der Waals surface area (Å²) in [5.74, 6) is 3.64. The zero-order valence-electron chi connectivity index (χ0n) is 36.0. The molecule has 0 amide bonds. The first-order valence-electron chi connectivity index (χ1n) is 22.4. The van der Waals surface area contributed by atoms with Gasteiger partial charge in [-0.25, -0.2) is 0 Å². The van der Waals surface area contributed by atoms with Crippen molar-refractivity contribution in [1.82, 2.24) is 5.32 Å². The highest BCUT2D eigenvalue weighted by molar-refractivity contribution is 8.34. The van der Waals surface area contributed by atoms with Crippen LogP contribution in [0.4, 0.5) is 0 Å². The summed E-state index contributed by atoms with van der Waals surface area (Å²) in [6.07, 6.45) is 7.30. The number of benzene rings is 8. The lowest BCUT2D eigenvalue weighted by molar-refractivity contribution is 0.384. The molecule has 0 fully saturated rings. The molecule has 12 rings (SSSR count). The molecule has 0 aromatic heterocycles. The van der Waals surface area contributed by atoms with Crippen LogP contribution >= 0.6 is 10.0 Å². The highest BCUT2D eigenvalue weighted by Gasteiger charge is 2.50. The fourth-order valence-corrected chi connectivity index (χ4v) is 20.2. The Bertz CT molecular complexity index is 3160. The fraction of sp³-hybridized carbons (Fsp3) is 0.0678. The number of nitrogens with one attached hydrogen (secondary N) is 1. The fourth-order valence-electron chi connectivity index (χ4n) is 10.7. The van der Waals surface area contributed by atoms with Gasteiger partial charge in [0.1, 0.15) is 29.2 Å². The van der Waals surface area contributed by atoms with Crippen molar-refractivity contribution in [2.24, 2.45) is 4.99 Å². The van der Waals surface area contributed by atoms with E-state index in [2.05, 4.69) is 243 Å². The number of hydrogen-bond donors (Lipinski definition) is 1. The van der Waals surface area contributed by atoms with E-state index in [4.69, 9.17) is 14.5 Å². The van der Waals surface area contributed by atoms with E-state index in [1.807, 2.05) is 0 Å². The number of rotatable bonds is 7. The van der Waals surface area contributed by atoms with Gasteiger partial charge in [0.2, 0.25) is 0 Å². The first-order chi connectivity index (χ1) is 32.2.